The molecule has 0 aromatic rings. The summed E-state index contributed by atoms with van der Waals surface area (Å²) in [7, 11) is 1.94. The van der Waals surface area contributed by atoms with Gasteiger partial charge in [0.2, 0.25) is 0 Å². The van der Waals surface area contributed by atoms with Crippen LogP contribution in [0.5, 0.6) is 0 Å². The Labute approximate surface area is 99.7 Å². The minimum absolute atomic E-state index is 0.0637. The third-order valence-electron chi connectivity index (χ3n) is 1.80. The molecule has 1 fully saturated rings. The summed E-state index contributed by atoms with van der Waals surface area (Å²) < 4.78 is 6.85. The molecule has 1 atom stereocenters. The van der Waals surface area contributed by atoms with Crippen molar-refractivity contribution in [2.75, 3.05) is 26.8 Å². The Morgan fingerprint density at radius 2 is 2.53 bits per heavy atom. The third kappa shape index (κ3) is 4.80. The molecular formula is C8H16N4OS2. The number of ether oxygens (including phenoxy) is 1. The van der Waals surface area contributed by atoms with Gasteiger partial charge in [-0.15, -0.1) is 0 Å². The van der Waals surface area contributed by atoms with Gasteiger partial charge in [0.05, 0.1) is 24.9 Å². The van der Waals surface area contributed by atoms with Crippen LogP contribution in [0.2, 0.25) is 0 Å². The molecule has 0 amide bonds. The van der Waals surface area contributed by atoms with Gasteiger partial charge in [-0.05, 0) is 0 Å². The van der Waals surface area contributed by atoms with Gasteiger partial charge >= 0.3 is 0 Å². The van der Waals surface area contributed by atoms with Gasteiger partial charge < -0.3 is 10.5 Å². The van der Waals surface area contributed by atoms with E-state index in [1.165, 1.54) is 0 Å². The van der Waals surface area contributed by atoms with Crippen LogP contribution in [-0.2, 0) is 4.74 Å². The van der Waals surface area contributed by atoms with Gasteiger partial charge in [-0.3, -0.25) is 10.3 Å². The standard InChI is InChI=1S/C4H10N2O.C4H6N2S2/c5-4-3-7-2-1-6-4;1-5-2-3-8-6(5)4-7/h4,6H,1-3,5H2;2-4H,1H3. The molecule has 2 aliphatic heterocycles. The molecule has 1 unspecified atom stereocenters. The average Bonchev–Trinajstić information content (AvgIpc) is 2.66. The number of hydrogen-bond donors (Lipinski definition) is 2. The van der Waals surface area contributed by atoms with E-state index in [1.807, 2.05) is 28.1 Å². The summed E-state index contributed by atoms with van der Waals surface area (Å²) in [6, 6.07) is 0. The molecule has 7 heteroatoms. The molecule has 86 valence electrons. The monoisotopic (exact) mass is 248 g/mol. The van der Waals surface area contributed by atoms with Gasteiger partial charge in [0.1, 0.15) is 0 Å². The van der Waals surface area contributed by atoms with E-state index >= 15 is 0 Å². The highest BCUT2D eigenvalue weighted by Gasteiger charge is 2.06. The van der Waals surface area contributed by atoms with Gasteiger partial charge in [0, 0.05) is 37.1 Å². The number of morpholine rings is 1. The van der Waals surface area contributed by atoms with Crippen LogP contribution in [0.4, 0.5) is 0 Å². The zero-order valence-electron chi connectivity index (χ0n) is 8.63. The summed E-state index contributed by atoms with van der Waals surface area (Å²) in [4.78, 5) is 0. The lowest BCUT2D eigenvalue weighted by molar-refractivity contribution is 0.0789. The second kappa shape index (κ2) is 7.02. The average molecular weight is 248 g/mol. The maximum absolute atomic E-state index is 5.40. The van der Waals surface area contributed by atoms with E-state index in [0.717, 1.165) is 13.2 Å². The number of thiocarbonyl (C=S) groups is 1. The Kier molecular flexibility index (Phi) is 5.96. The van der Waals surface area contributed by atoms with Crippen LogP contribution in [0.3, 0.4) is 0 Å². The first-order chi connectivity index (χ1) is 7.24. The Balaban J connectivity index is 0.000000151. The van der Waals surface area contributed by atoms with Crippen LogP contribution in [0.1, 0.15) is 0 Å². The molecule has 0 radical (unpaired) electrons. The Morgan fingerprint density at radius 3 is 2.80 bits per heavy atom. The van der Waals surface area contributed by atoms with Gasteiger partial charge in [-0.1, -0.05) is 12.2 Å². The van der Waals surface area contributed by atoms with Crippen molar-refractivity contribution in [1.29, 1.82) is 0 Å². The maximum Gasteiger partial charge on any atom is 0.0974 e. The van der Waals surface area contributed by atoms with Crippen LogP contribution < -0.4 is 11.1 Å². The molecule has 2 aliphatic rings. The Morgan fingerprint density at radius 1 is 1.73 bits per heavy atom. The highest BCUT2D eigenvalue weighted by Crippen LogP contribution is 2.18. The fraction of sp³-hybridized carbons (Fsp3) is 0.625. The first-order valence-corrected chi connectivity index (χ1v) is 5.92. The fourth-order valence-corrected chi connectivity index (χ4v) is 1.91. The zero-order valence-corrected chi connectivity index (χ0v) is 10.3. The van der Waals surface area contributed by atoms with E-state index in [9.17, 15) is 0 Å². The Hall–Kier alpha value is -0.340. The molecule has 0 saturated carbocycles. The number of nitrogens with one attached hydrogen (secondary N) is 1. The van der Waals surface area contributed by atoms with E-state index in [2.05, 4.69) is 17.5 Å². The van der Waals surface area contributed by atoms with Crippen molar-refractivity contribution in [2.24, 2.45) is 5.73 Å². The van der Waals surface area contributed by atoms with Crippen LogP contribution in [0, 0.1) is 0 Å². The van der Waals surface area contributed by atoms with Crippen molar-refractivity contribution in [3.63, 3.8) is 0 Å². The van der Waals surface area contributed by atoms with Gasteiger partial charge in [-0.25, -0.2) is 4.41 Å². The topological polar surface area (TPSA) is 53.8 Å². The number of nitrogens with two attached hydrogens (primary N) is 1. The van der Waals surface area contributed by atoms with Crippen LogP contribution in [0.15, 0.2) is 11.6 Å². The predicted molar refractivity (Wildman–Crippen MR) is 66.8 cm³/mol. The molecule has 15 heavy (non-hydrogen) atoms. The van der Waals surface area contributed by atoms with E-state index in [0.29, 0.717) is 6.61 Å². The number of hydrazine groups is 1. The first kappa shape index (κ1) is 12.7. The summed E-state index contributed by atoms with van der Waals surface area (Å²) in [5, 5.41) is 6.92. The molecule has 0 bridgehead atoms. The van der Waals surface area contributed by atoms with Crippen LogP contribution in [-0.4, -0.2) is 47.9 Å². The molecule has 0 spiro atoms. The smallest absolute Gasteiger partial charge is 0.0974 e. The molecule has 2 rings (SSSR count). The molecular weight excluding hydrogens is 232 g/mol. The Bertz CT molecular complexity index is 221. The summed E-state index contributed by atoms with van der Waals surface area (Å²) in [5.41, 5.74) is 7.00. The first-order valence-electron chi connectivity index (χ1n) is 4.61. The van der Waals surface area contributed by atoms with Gasteiger partial charge in [0.15, 0.2) is 0 Å². The SMILES string of the molecule is CN1C=CSN1C=S.NC1COCCN1. The fourth-order valence-electron chi connectivity index (χ4n) is 1.00. The van der Waals surface area contributed by atoms with Crippen molar-refractivity contribution < 1.29 is 4.74 Å². The molecule has 0 aliphatic carbocycles. The van der Waals surface area contributed by atoms with Crippen molar-refractivity contribution in [2.45, 2.75) is 6.17 Å². The number of rotatable bonds is 1. The van der Waals surface area contributed by atoms with Gasteiger partial charge in [-0.2, -0.15) is 0 Å². The van der Waals surface area contributed by atoms with E-state index < -0.39 is 0 Å². The highest BCUT2D eigenvalue weighted by molar-refractivity contribution is 8.01. The molecule has 5 nitrogen and oxygen atoms in total. The lowest BCUT2D eigenvalue weighted by atomic mass is 10.5. The summed E-state index contributed by atoms with van der Waals surface area (Å²) in [5.74, 6) is 0. The lowest BCUT2D eigenvalue weighted by Gasteiger charge is -2.18. The third-order valence-corrected chi connectivity index (χ3v) is 2.95. The highest BCUT2D eigenvalue weighted by atomic mass is 32.2. The van der Waals surface area contributed by atoms with Crippen molar-refractivity contribution in [1.82, 2.24) is 14.7 Å². The molecule has 0 aromatic carbocycles. The lowest BCUT2D eigenvalue weighted by Crippen LogP contribution is -2.47. The second-order valence-electron chi connectivity index (χ2n) is 3.01. The summed E-state index contributed by atoms with van der Waals surface area (Å²) in [6.45, 7) is 2.34. The number of nitrogens with zero attached hydrogens (tertiary/aromatic N) is 2. The predicted octanol–water partition coefficient (Wildman–Crippen LogP) is 0.116. The molecule has 3 N–H and O–H groups in total. The van der Waals surface area contributed by atoms with Crippen molar-refractivity contribution in [3.05, 3.63) is 11.6 Å². The van der Waals surface area contributed by atoms with E-state index in [1.54, 1.807) is 17.4 Å². The minimum atomic E-state index is 0.0637. The molecule has 1 saturated heterocycles. The maximum atomic E-state index is 5.40. The summed E-state index contributed by atoms with van der Waals surface area (Å²) in [6.07, 6.45) is 2.02. The zero-order chi connectivity index (χ0) is 11.1. The number of hydrogen-bond acceptors (Lipinski definition) is 6. The molecule has 0 aromatic heterocycles. The quantitative estimate of drug-likeness (QED) is 0.505. The minimum Gasteiger partial charge on any atom is -0.377 e. The van der Waals surface area contributed by atoms with Crippen molar-refractivity contribution >= 4 is 29.7 Å². The largest absolute Gasteiger partial charge is 0.377 e. The van der Waals surface area contributed by atoms with E-state index in [-0.39, 0.29) is 6.17 Å². The van der Waals surface area contributed by atoms with Crippen LogP contribution >= 0.6 is 24.2 Å². The van der Waals surface area contributed by atoms with Gasteiger partial charge in [0.25, 0.3) is 0 Å². The second-order valence-corrected chi connectivity index (χ2v) is 4.08. The normalized spacial score (nSPS) is 24.8. The molecule has 2 heterocycles. The van der Waals surface area contributed by atoms with Crippen molar-refractivity contribution in [3.8, 4) is 0 Å². The summed E-state index contributed by atoms with van der Waals surface area (Å²) >= 11 is 6.26. The van der Waals surface area contributed by atoms with Crippen LogP contribution in [0.25, 0.3) is 0 Å². The van der Waals surface area contributed by atoms with E-state index in [4.69, 9.17) is 10.5 Å².